The van der Waals surface area contributed by atoms with Gasteiger partial charge in [0.25, 0.3) is 0 Å². The number of fused-ring (bicyclic) bond motifs is 2. The molecule has 0 unspecified atom stereocenters. The Morgan fingerprint density at radius 3 is 2.62 bits per heavy atom. The minimum Gasteiger partial charge on any atom is -0.456 e. The van der Waals surface area contributed by atoms with Gasteiger partial charge in [-0.25, -0.2) is 4.98 Å². The van der Waals surface area contributed by atoms with Crippen molar-refractivity contribution < 1.29 is 4.42 Å². The van der Waals surface area contributed by atoms with Crippen LogP contribution in [0.3, 0.4) is 0 Å². The van der Waals surface area contributed by atoms with E-state index in [1.54, 1.807) is 11.3 Å². The molecule has 0 radical (unpaired) electrons. The predicted octanol–water partition coefficient (Wildman–Crippen LogP) is 6.20. The number of hydrogen-bond acceptors (Lipinski definition) is 5. The Balaban J connectivity index is 1.65. The zero-order valence-corrected chi connectivity index (χ0v) is 16.7. The Hall–Kier alpha value is -3.44. The molecule has 5 rings (SSSR count). The second-order valence-electron chi connectivity index (χ2n) is 6.76. The van der Waals surface area contributed by atoms with Gasteiger partial charge in [0.15, 0.2) is 0 Å². The summed E-state index contributed by atoms with van der Waals surface area (Å²) in [6.45, 7) is 2.15. The monoisotopic (exact) mass is 397 g/mol. The van der Waals surface area contributed by atoms with E-state index in [4.69, 9.17) is 9.52 Å². The Morgan fingerprint density at radius 1 is 0.966 bits per heavy atom. The van der Waals surface area contributed by atoms with Crippen molar-refractivity contribution in [2.45, 2.75) is 13.3 Å². The van der Waals surface area contributed by atoms with Crippen molar-refractivity contribution in [3.63, 3.8) is 0 Å². The van der Waals surface area contributed by atoms with Crippen LogP contribution in [0.25, 0.3) is 32.5 Å². The molecule has 3 aromatic carbocycles. The minimum atomic E-state index is 0.771. The topological polar surface area (TPSA) is 50.4 Å². The van der Waals surface area contributed by atoms with Crippen molar-refractivity contribution in [1.82, 2.24) is 4.98 Å². The van der Waals surface area contributed by atoms with Crippen LogP contribution in [-0.2, 0) is 6.42 Å². The molecule has 29 heavy (non-hydrogen) atoms. The molecular formula is C24H19N3OS. The SMILES string of the molecule is CCc1ccc2oc(-c3ccccc3)c/c(=N\Nc3nc4ccccc4s3)c2c1. The van der Waals surface area contributed by atoms with Crippen LogP contribution in [-0.4, -0.2) is 4.98 Å². The van der Waals surface area contributed by atoms with Crippen LogP contribution in [0.1, 0.15) is 12.5 Å². The quantitative estimate of drug-likeness (QED) is 0.367. The molecule has 1 N–H and O–H groups in total. The van der Waals surface area contributed by atoms with E-state index in [0.29, 0.717) is 0 Å². The van der Waals surface area contributed by atoms with Gasteiger partial charge in [0.1, 0.15) is 11.3 Å². The molecule has 142 valence electrons. The number of para-hydroxylation sites is 1. The van der Waals surface area contributed by atoms with E-state index >= 15 is 0 Å². The third-order valence-corrected chi connectivity index (χ3v) is 5.78. The molecule has 0 saturated carbocycles. The molecule has 0 aliphatic heterocycles. The molecular weight excluding hydrogens is 378 g/mol. The van der Waals surface area contributed by atoms with Gasteiger partial charge in [-0.2, -0.15) is 5.10 Å². The molecule has 2 aromatic heterocycles. The molecule has 0 aliphatic carbocycles. The molecule has 0 spiro atoms. The number of thiazole rings is 1. The van der Waals surface area contributed by atoms with Crippen LogP contribution in [0.4, 0.5) is 5.13 Å². The third kappa shape index (κ3) is 3.52. The highest BCUT2D eigenvalue weighted by molar-refractivity contribution is 7.22. The van der Waals surface area contributed by atoms with E-state index in [0.717, 1.165) is 49.4 Å². The molecule has 0 bridgehead atoms. The number of benzene rings is 3. The van der Waals surface area contributed by atoms with Crippen molar-refractivity contribution in [3.05, 3.63) is 89.8 Å². The summed E-state index contributed by atoms with van der Waals surface area (Å²) in [5, 5.41) is 7.29. The summed E-state index contributed by atoms with van der Waals surface area (Å²) in [5.41, 5.74) is 7.20. The average molecular weight is 398 g/mol. The van der Waals surface area contributed by atoms with Crippen molar-refractivity contribution in [2.24, 2.45) is 5.10 Å². The summed E-state index contributed by atoms with van der Waals surface area (Å²) in [7, 11) is 0. The van der Waals surface area contributed by atoms with Crippen molar-refractivity contribution in [3.8, 4) is 11.3 Å². The van der Waals surface area contributed by atoms with Crippen molar-refractivity contribution in [2.75, 3.05) is 5.43 Å². The van der Waals surface area contributed by atoms with E-state index in [-0.39, 0.29) is 0 Å². The molecule has 5 aromatic rings. The third-order valence-electron chi connectivity index (χ3n) is 4.84. The maximum Gasteiger partial charge on any atom is 0.204 e. The predicted molar refractivity (Wildman–Crippen MR) is 120 cm³/mol. The largest absolute Gasteiger partial charge is 0.456 e. The Bertz CT molecular complexity index is 1340. The number of nitrogens with zero attached hydrogens (tertiary/aromatic N) is 2. The van der Waals surface area contributed by atoms with E-state index in [9.17, 15) is 0 Å². The highest BCUT2D eigenvalue weighted by Gasteiger charge is 2.07. The van der Waals surface area contributed by atoms with Gasteiger partial charge < -0.3 is 4.42 Å². The van der Waals surface area contributed by atoms with Crippen LogP contribution < -0.4 is 10.8 Å². The summed E-state index contributed by atoms with van der Waals surface area (Å²) < 4.78 is 7.32. The first-order chi connectivity index (χ1) is 14.3. The fourth-order valence-electron chi connectivity index (χ4n) is 3.30. The fourth-order valence-corrected chi connectivity index (χ4v) is 4.11. The van der Waals surface area contributed by atoms with Crippen molar-refractivity contribution >= 4 is 37.7 Å². The van der Waals surface area contributed by atoms with Crippen LogP contribution in [0.5, 0.6) is 0 Å². The van der Waals surface area contributed by atoms with Crippen LogP contribution in [0, 0.1) is 0 Å². The van der Waals surface area contributed by atoms with E-state index in [1.165, 1.54) is 5.56 Å². The van der Waals surface area contributed by atoms with Gasteiger partial charge in [0.05, 0.1) is 15.6 Å². The lowest BCUT2D eigenvalue weighted by Gasteiger charge is -2.06. The first-order valence-electron chi connectivity index (χ1n) is 9.58. The van der Waals surface area contributed by atoms with Gasteiger partial charge in [0.2, 0.25) is 5.13 Å². The normalized spacial score (nSPS) is 12.0. The van der Waals surface area contributed by atoms with E-state index in [2.05, 4.69) is 35.5 Å². The van der Waals surface area contributed by atoms with E-state index < -0.39 is 0 Å². The summed E-state index contributed by atoms with van der Waals surface area (Å²) in [5.74, 6) is 0.784. The highest BCUT2D eigenvalue weighted by Crippen LogP contribution is 2.26. The fraction of sp³-hybridized carbons (Fsp3) is 0.0833. The summed E-state index contributed by atoms with van der Waals surface area (Å²) in [6, 6.07) is 26.4. The number of rotatable bonds is 4. The smallest absolute Gasteiger partial charge is 0.204 e. The number of anilines is 1. The second kappa shape index (κ2) is 7.53. The second-order valence-corrected chi connectivity index (χ2v) is 7.79. The highest BCUT2D eigenvalue weighted by atomic mass is 32.1. The van der Waals surface area contributed by atoms with Gasteiger partial charge in [-0.05, 0) is 36.2 Å². The molecule has 5 heteroatoms. The molecule has 0 fully saturated rings. The Labute approximate surface area is 172 Å². The summed E-state index contributed by atoms with van der Waals surface area (Å²) in [4.78, 5) is 4.61. The zero-order valence-electron chi connectivity index (χ0n) is 15.9. The number of hydrogen-bond donors (Lipinski definition) is 1. The van der Waals surface area contributed by atoms with E-state index in [1.807, 2.05) is 60.7 Å². The average Bonchev–Trinajstić information content (AvgIpc) is 3.20. The van der Waals surface area contributed by atoms with Gasteiger partial charge >= 0.3 is 0 Å². The Morgan fingerprint density at radius 2 is 1.79 bits per heavy atom. The zero-order chi connectivity index (χ0) is 19.6. The summed E-state index contributed by atoms with van der Waals surface area (Å²) in [6.07, 6.45) is 0.959. The molecule has 0 saturated heterocycles. The van der Waals surface area contributed by atoms with Gasteiger partial charge in [0, 0.05) is 17.0 Å². The minimum absolute atomic E-state index is 0.771. The lowest BCUT2D eigenvalue weighted by Crippen LogP contribution is -2.07. The molecule has 0 aliphatic rings. The number of aryl methyl sites for hydroxylation is 1. The molecule has 4 nitrogen and oxygen atoms in total. The van der Waals surface area contributed by atoms with Gasteiger partial charge in [-0.3, -0.25) is 5.43 Å². The molecule has 0 atom stereocenters. The van der Waals surface area contributed by atoms with Crippen LogP contribution in [0.2, 0.25) is 0 Å². The molecule has 2 heterocycles. The first kappa shape index (κ1) is 17.6. The lowest BCUT2D eigenvalue weighted by molar-refractivity contribution is 0.618. The van der Waals surface area contributed by atoms with Crippen LogP contribution in [0.15, 0.2) is 88.4 Å². The first-order valence-corrected chi connectivity index (χ1v) is 10.4. The standard InChI is InChI=1S/C24H19N3OS/c1-2-16-12-13-21-18(14-16)20(15-22(28-21)17-8-4-3-5-9-17)26-27-24-25-19-10-6-7-11-23(19)29-24/h3-15H,2H2,1H3,(H,25,27)/b26-20+. The van der Waals surface area contributed by atoms with Gasteiger partial charge in [-0.1, -0.05) is 66.8 Å². The number of nitrogens with one attached hydrogen (secondary N) is 1. The Kier molecular flexibility index (Phi) is 4.58. The maximum atomic E-state index is 6.19. The van der Waals surface area contributed by atoms with Crippen LogP contribution >= 0.6 is 11.3 Å². The van der Waals surface area contributed by atoms with Crippen molar-refractivity contribution in [1.29, 1.82) is 0 Å². The summed E-state index contributed by atoms with van der Waals surface area (Å²) >= 11 is 1.59. The maximum absolute atomic E-state index is 6.19. The lowest BCUT2D eigenvalue weighted by atomic mass is 10.1. The molecule has 0 amide bonds. The number of aromatic nitrogens is 1. The van der Waals surface area contributed by atoms with Gasteiger partial charge in [-0.15, -0.1) is 0 Å².